The number of nitro benzene ring substituents is 1. The molecule has 0 aliphatic rings. The van der Waals surface area contributed by atoms with Gasteiger partial charge in [0.05, 0.1) is 17.2 Å². The zero-order valence-electron chi connectivity index (χ0n) is 13.2. The third-order valence-electron chi connectivity index (χ3n) is 3.61. The lowest BCUT2D eigenvalue weighted by molar-refractivity contribution is -0.384. The minimum atomic E-state index is -0.428. The number of benzene rings is 3. The normalized spacial score (nSPS) is 11.0. The Hall–Kier alpha value is -3.21. The van der Waals surface area contributed by atoms with Crippen molar-refractivity contribution < 1.29 is 9.66 Å². The average Bonchev–Trinajstić information content (AvgIpc) is 2.61. The van der Waals surface area contributed by atoms with Crippen molar-refractivity contribution in [3.05, 3.63) is 76.3 Å². The van der Waals surface area contributed by atoms with Crippen LogP contribution in [0.5, 0.6) is 5.75 Å². The van der Waals surface area contributed by atoms with E-state index < -0.39 is 4.92 Å². The van der Waals surface area contributed by atoms with Crippen molar-refractivity contribution in [3.8, 4) is 5.75 Å². The van der Waals surface area contributed by atoms with Crippen LogP contribution in [0.3, 0.4) is 0 Å². The highest BCUT2D eigenvalue weighted by molar-refractivity contribution is 6.03. The van der Waals surface area contributed by atoms with Gasteiger partial charge in [-0.25, -0.2) is 0 Å². The topological polar surface area (TPSA) is 64.7 Å². The van der Waals surface area contributed by atoms with Crippen molar-refractivity contribution in [3.63, 3.8) is 0 Å². The standard InChI is InChI=1S/C19H16N2O3/c1-2-24-19-11-10-14-6-3-4-9-17(14)18(19)13-20-15-7-5-8-16(12-15)21(22)23/h3-13H,2H2,1H3. The summed E-state index contributed by atoms with van der Waals surface area (Å²) in [7, 11) is 0. The van der Waals surface area contributed by atoms with Crippen LogP contribution in [0.25, 0.3) is 10.8 Å². The smallest absolute Gasteiger partial charge is 0.271 e. The molecule has 0 aromatic heterocycles. The summed E-state index contributed by atoms with van der Waals surface area (Å²) in [4.78, 5) is 14.9. The summed E-state index contributed by atoms with van der Waals surface area (Å²) >= 11 is 0. The van der Waals surface area contributed by atoms with Crippen LogP contribution >= 0.6 is 0 Å². The number of nitrogens with zero attached hydrogens (tertiary/aromatic N) is 2. The monoisotopic (exact) mass is 320 g/mol. The number of aliphatic imine (C=N–C) groups is 1. The maximum Gasteiger partial charge on any atom is 0.271 e. The van der Waals surface area contributed by atoms with Gasteiger partial charge in [0.2, 0.25) is 0 Å². The molecule has 0 unspecified atom stereocenters. The number of hydrogen-bond donors (Lipinski definition) is 0. The van der Waals surface area contributed by atoms with Gasteiger partial charge in [-0.2, -0.15) is 0 Å². The van der Waals surface area contributed by atoms with E-state index >= 15 is 0 Å². The lowest BCUT2D eigenvalue weighted by Crippen LogP contribution is -1.97. The van der Waals surface area contributed by atoms with Gasteiger partial charge in [-0.3, -0.25) is 15.1 Å². The van der Waals surface area contributed by atoms with Crippen molar-refractivity contribution >= 4 is 28.4 Å². The molecule has 0 fully saturated rings. The molecule has 3 rings (SSSR count). The Balaban J connectivity index is 2.06. The van der Waals surface area contributed by atoms with Gasteiger partial charge in [-0.15, -0.1) is 0 Å². The van der Waals surface area contributed by atoms with Crippen LogP contribution in [0, 0.1) is 10.1 Å². The van der Waals surface area contributed by atoms with Crippen LogP contribution in [0.2, 0.25) is 0 Å². The molecule has 0 amide bonds. The first-order chi connectivity index (χ1) is 11.7. The Bertz CT molecular complexity index is 919. The molecule has 120 valence electrons. The zero-order valence-corrected chi connectivity index (χ0v) is 13.2. The van der Waals surface area contributed by atoms with Gasteiger partial charge >= 0.3 is 0 Å². The fourth-order valence-corrected chi connectivity index (χ4v) is 2.52. The zero-order chi connectivity index (χ0) is 16.9. The predicted molar refractivity (Wildman–Crippen MR) is 95.5 cm³/mol. The van der Waals surface area contributed by atoms with E-state index in [4.69, 9.17) is 4.74 Å². The maximum atomic E-state index is 10.9. The molecule has 24 heavy (non-hydrogen) atoms. The predicted octanol–water partition coefficient (Wildman–Crippen LogP) is 4.90. The van der Waals surface area contributed by atoms with E-state index in [9.17, 15) is 10.1 Å². The second-order valence-corrected chi connectivity index (χ2v) is 5.17. The quantitative estimate of drug-likeness (QED) is 0.381. The molecule has 3 aromatic rings. The maximum absolute atomic E-state index is 10.9. The molecule has 0 atom stereocenters. The molecule has 0 bridgehead atoms. The summed E-state index contributed by atoms with van der Waals surface area (Å²) in [5.41, 5.74) is 1.41. The Morgan fingerprint density at radius 3 is 2.75 bits per heavy atom. The number of hydrogen-bond acceptors (Lipinski definition) is 4. The summed E-state index contributed by atoms with van der Waals surface area (Å²) in [6, 6.07) is 18.1. The minimum Gasteiger partial charge on any atom is -0.493 e. The number of ether oxygens (including phenoxy) is 1. The summed E-state index contributed by atoms with van der Waals surface area (Å²) < 4.78 is 5.70. The van der Waals surface area contributed by atoms with Gasteiger partial charge in [-0.05, 0) is 29.8 Å². The van der Waals surface area contributed by atoms with Crippen molar-refractivity contribution in [2.24, 2.45) is 4.99 Å². The molecule has 0 radical (unpaired) electrons. The fraction of sp³-hybridized carbons (Fsp3) is 0.105. The van der Waals surface area contributed by atoms with Crippen molar-refractivity contribution in [1.29, 1.82) is 0 Å². The molecule has 0 spiro atoms. The highest BCUT2D eigenvalue weighted by Crippen LogP contribution is 2.28. The Morgan fingerprint density at radius 2 is 1.96 bits per heavy atom. The first-order valence-corrected chi connectivity index (χ1v) is 7.62. The molecule has 0 aliphatic heterocycles. The molecule has 0 N–H and O–H groups in total. The Morgan fingerprint density at radius 1 is 1.12 bits per heavy atom. The second kappa shape index (κ2) is 6.91. The second-order valence-electron chi connectivity index (χ2n) is 5.17. The van der Waals surface area contributed by atoms with Crippen molar-refractivity contribution in [2.45, 2.75) is 6.92 Å². The van der Waals surface area contributed by atoms with E-state index in [1.165, 1.54) is 12.1 Å². The third kappa shape index (κ3) is 3.25. The van der Waals surface area contributed by atoms with Crippen LogP contribution < -0.4 is 4.74 Å². The fourth-order valence-electron chi connectivity index (χ4n) is 2.52. The summed E-state index contributed by atoms with van der Waals surface area (Å²) in [5.74, 6) is 0.741. The summed E-state index contributed by atoms with van der Waals surface area (Å²) in [5, 5.41) is 13.0. The van der Waals surface area contributed by atoms with E-state index in [1.54, 1.807) is 18.3 Å². The van der Waals surface area contributed by atoms with Crippen molar-refractivity contribution in [1.82, 2.24) is 0 Å². The van der Waals surface area contributed by atoms with Gasteiger partial charge < -0.3 is 4.74 Å². The first-order valence-electron chi connectivity index (χ1n) is 7.62. The number of rotatable bonds is 5. The van der Waals surface area contributed by atoms with E-state index in [0.717, 1.165) is 22.1 Å². The van der Waals surface area contributed by atoms with E-state index in [2.05, 4.69) is 4.99 Å². The highest BCUT2D eigenvalue weighted by atomic mass is 16.6. The lowest BCUT2D eigenvalue weighted by atomic mass is 10.0. The van der Waals surface area contributed by atoms with Crippen LogP contribution in [-0.4, -0.2) is 17.7 Å². The van der Waals surface area contributed by atoms with Gasteiger partial charge in [0.15, 0.2) is 0 Å². The molecule has 0 heterocycles. The lowest BCUT2D eigenvalue weighted by Gasteiger charge is -2.10. The molecule has 3 aromatic carbocycles. The SMILES string of the molecule is CCOc1ccc2ccccc2c1C=Nc1cccc([N+](=O)[O-])c1. The summed E-state index contributed by atoms with van der Waals surface area (Å²) in [6.07, 6.45) is 1.70. The largest absolute Gasteiger partial charge is 0.493 e. The van der Waals surface area contributed by atoms with E-state index in [-0.39, 0.29) is 5.69 Å². The molecule has 0 saturated heterocycles. The molecular weight excluding hydrogens is 304 g/mol. The van der Waals surface area contributed by atoms with Crippen LogP contribution in [0.1, 0.15) is 12.5 Å². The number of nitro groups is 1. The molecule has 5 nitrogen and oxygen atoms in total. The number of non-ortho nitro benzene ring substituents is 1. The highest BCUT2D eigenvalue weighted by Gasteiger charge is 2.08. The molecule has 5 heteroatoms. The van der Waals surface area contributed by atoms with E-state index in [1.807, 2.05) is 43.3 Å². The van der Waals surface area contributed by atoms with Gasteiger partial charge in [0.1, 0.15) is 5.75 Å². The Kier molecular flexibility index (Phi) is 4.52. The molecule has 0 saturated carbocycles. The van der Waals surface area contributed by atoms with Crippen LogP contribution in [-0.2, 0) is 0 Å². The van der Waals surface area contributed by atoms with Crippen LogP contribution in [0.15, 0.2) is 65.7 Å². The van der Waals surface area contributed by atoms with Gasteiger partial charge in [-0.1, -0.05) is 36.4 Å². The number of fused-ring (bicyclic) bond motifs is 1. The molecule has 0 aliphatic carbocycles. The molecular formula is C19H16N2O3. The van der Waals surface area contributed by atoms with Crippen LogP contribution in [0.4, 0.5) is 11.4 Å². The van der Waals surface area contributed by atoms with Crippen molar-refractivity contribution in [2.75, 3.05) is 6.61 Å². The Labute approximate surface area is 139 Å². The van der Waals surface area contributed by atoms with Gasteiger partial charge in [0, 0.05) is 23.9 Å². The minimum absolute atomic E-state index is 0.0209. The first kappa shape index (κ1) is 15.7. The third-order valence-corrected chi connectivity index (χ3v) is 3.61. The van der Waals surface area contributed by atoms with E-state index in [0.29, 0.717) is 12.3 Å². The van der Waals surface area contributed by atoms with Gasteiger partial charge in [0.25, 0.3) is 5.69 Å². The summed E-state index contributed by atoms with van der Waals surface area (Å²) in [6.45, 7) is 2.48. The average molecular weight is 320 g/mol.